The molecule has 0 saturated carbocycles. The van der Waals surface area contributed by atoms with Crippen LogP contribution in [-0.2, 0) is 16.0 Å². The second-order valence-corrected chi connectivity index (χ2v) is 5.13. The number of aromatic hydroxyl groups is 1. The summed E-state index contributed by atoms with van der Waals surface area (Å²) in [6, 6.07) is 5.58. The summed E-state index contributed by atoms with van der Waals surface area (Å²) < 4.78 is 4.95. The Morgan fingerprint density at radius 3 is 2.71 bits per heavy atom. The summed E-state index contributed by atoms with van der Waals surface area (Å²) in [7, 11) is 0. The van der Waals surface area contributed by atoms with Gasteiger partial charge in [-0.05, 0) is 44.5 Å². The first kappa shape index (κ1) is 17.3. The van der Waals surface area contributed by atoms with E-state index in [4.69, 9.17) is 10.5 Å². The third-order valence-corrected chi connectivity index (χ3v) is 3.56. The van der Waals surface area contributed by atoms with Gasteiger partial charge in [0, 0.05) is 12.6 Å². The maximum Gasteiger partial charge on any atom is 0.307 e. The van der Waals surface area contributed by atoms with Crippen molar-refractivity contribution in [3.63, 3.8) is 0 Å². The topological polar surface area (TPSA) is 75.8 Å². The molecule has 5 nitrogen and oxygen atoms in total. The molecule has 3 N–H and O–H groups in total. The number of benzene rings is 1. The molecular formula is C16H26N2O3. The van der Waals surface area contributed by atoms with Crippen molar-refractivity contribution >= 4 is 11.7 Å². The second kappa shape index (κ2) is 8.52. The maximum absolute atomic E-state index is 11.4. The zero-order chi connectivity index (χ0) is 15.8. The molecule has 0 aliphatic heterocycles. The Bertz CT molecular complexity index is 463. The van der Waals surface area contributed by atoms with E-state index in [0.717, 1.165) is 18.5 Å². The molecule has 0 radical (unpaired) electrons. The van der Waals surface area contributed by atoms with E-state index in [0.29, 0.717) is 25.3 Å². The fourth-order valence-electron chi connectivity index (χ4n) is 2.36. The first-order valence-electron chi connectivity index (χ1n) is 7.44. The molecule has 0 fully saturated rings. The molecule has 5 heteroatoms. The van der Waals surface area contributed by atoms with Crippen LogP contribution in [0.1, 0.15) is 32.8 Å². The summed E-state index contributed by atoms with van der Waals surface area (Å²) in [4.78, 5) is 13.7. The van der Waals surface area contributed by atoms with E-state index in [1.807, 2.05) is 13.0 Å². The van der Waals surface area contributed by atoms with Crippen molar-refractivity contribution in [3.8, 4) is 5.75 Å². The van der Waals surface area contributed by atoms with Gasteiger partial charge in [0.25, 0.3) is 0 Å². The van der Waals surface area contributed by atoms with E-state index in [-0.39, 0.29) is 17.8 Å². The molecule has 0 spiro atoms. The summed E-state index contributed by atoms with van der Waals surface area (Å²) >= 11 is 0. The van der Waals surface area contributed by atoms with Crippen molar-refractivity contribution in [2.45, 2.75) is 39.7 Å². The number of nitrogens with two attached hydrogens (primary N) is 1. The maximum atomic E-state index is 11.4. The summed E-state index contributed by atoms with van der Waals surface area (Å²) in [6.45, 7) is 7.99. The Labute approximate surface area is 126 Å². The number of esters is 1. The fourth-order valence-corrected chi connectivity index (χ4v) is 2.36. The number of phenols is 1. The molecule has 0 amide bonds. The van der Waals surface area contributed by atoms with Crippen molar-refractivity contribution in [2.24, 2.45) is 0 Å². The molecular weight excluding hydrogens is 268 g/mol. The lowest BCUT2D eigenvalue weighted by Gasteiger charge is -2.27. The number of ether oxygens (including phenoxy) is 1. The molecule has 0 heterocycles. The van der Waals surface area contributed by atoms with E-state index in [9.17, 15) is 9.90 Å². The number of carbonyl (C=O) groups excluding carboxylic acids is 1. The molecule has 118 valence electrons. The first-order valence-corrected chi connectivity index (χ1v) is 7.44. The Morgan fingerprint density at radius 1 is 1.43 bits per heavy atom. The number of hydrogen-bond acceptors (Lipinski definition) is 5. The lowest BCUT2D eigenvalue weighted by molar-refractivity contribution is -0.143. The minimum atomic E-state index is -0.156. The zero-order valence-corrected chi connectivity index (χ0v) is 13.1. The predicted molar refractivity (Wildman–Crippen MR) is 84.2 cm³/mol. The lowest BCUT2D eigenvalue weighted by atomic mass is 10.0. The Morgan fingerprint density at radius 2 is 2.14 bits per heavy atom. The number of nitrogen functional groups attached to an aromatic ring is 1. The highest BCUT2D eigenvalue weighted by atomic mass is 16.5. The molecule has 21 heavy (non-hydrogen) atoms. The van der Waals surface area contributed by atoms with Gasteiger partial charge in [0.15, 0.2) is 0 Å². The Balaban J connectivity index is 2.55. The summed E-state index contributed by atoms with van der Waals surface area (Å²) in [5.74, 6) is -0.0434. The molecule has 1 atom stereocenters. The number of likely N-dealkylation sites (N-methyl/N-ethyl adjacent to an activating group) is 1. The van der Waals surface area contributed by atoms with Crippen LogP contribution in [0.3, 0.4) is 0 Å². The molecule has 1 unspecified atom stereocenters. The molecule has 0 aliphatic rings. The molecule has 1 rings (SSSR count). The normalized spacial score (nSPS) is 12.4. The Hall–Kier alpha value is -1.75. The van der Waals surface area contributed by atoms with Crippen LogP contribution in [0, 0.1) is 0 Å². The molecule has 1 aromatic rings. The predicted octanol–water partition coefficient (Wildman–Crippen LogP) is 2.18. The number of anilines is 1. The van der Waals surface area contributed by atoms with Gasteiger partial charge in [0.1, 0.15) is 5.75 Å². The molecule has 0 bridgehead atoms. The van der Waals surface area contributed by atoms with Gasteiger partial charge in [-0.25, -0.2) is 0 Å². The Kier molecular flexibility index (Phi) is 7.02. The quantitative estimate of drug-likeness (QED) is 0.436. The van der Waals surface area contributed by atoms with E-state index in [1.54, 1.807) is 12.1 Å². The molecule has 1 aromatic carbocycles. The van der Waals surface area contributed by atoms with Gasteiger partial charge in [0.05, 0.1) is 18.7 Å². The van der Waals surface area contributed by atoms with Crippen molar-refractivity contribution < 1.29 is 14.6 Å². The van der Waals surface area contributed by atoms with Crippen molar-refractivity contribution in [1.82, 2.24) is 4.90 Å². The van der Waals surface area contributed by atoms with Crippen LogP contribution in [0.25, 0.3) is 0 Å². The van der Waals surface area contributed by atoms with Crippen LogP contribution in [-0.4, -0.2) is 41.7 Å². The van der Waals surface area contributed by atoms with Crippen molar-refractivity contribution in [3.05, 3.63) is 23.8 Å². The number of nitrogens with zero attached hydrogens (tertiary/aromatic N) is 1. The summed E-state index contributed by atoms with van der Waals surface area (Å²) in [6.07, 6.45) is 1.23. The molecule has 0 aromatic heterocycles. The van der Waals surface area contributed by atoms with Gasteiger partial charge in [0.2, 0.25) is 0 Å². The van der Waals surface area contributed by atoms with Gasteiger partial charge < -0.3 is 20.5 Å². The average molecular weight is 294 g/mol. The van der Waals surface area contributed by atoms with Crippen LogP contribution in [0.5, 0.6) is 5.75 Å². The van der Waals surface area contributed by atoms with Gasteiger partial charge >= 0.3 is 5.97 Å². The monoisotopic (exact) mass is 294 g/mol. The van der Waals surface area contributed by atoms with Gasteiger partial charge in [-0.15, -0.1) is 0 Å². The van der Waals surface area contributed by atoms with E-state index < -0.39 is 0 Å². The second-order valence-electron chi connectivity index (χ2n) is 5.13. The highest BCUT2D eigenvalue weighted by Crippen LogP contribution is 2.21. The smallest absolute Gasteiger partial charge is 0.307 e. The highest BCUT2D eigenvalue weighted by molar-refractivity contribution is 5.69. The van der Waals surface area contributed by atoms with Crippen molar-refractivity contribution in [2.75, 3.05) is 25.4 Å². The lowest BCUT2D eigenvalue weighted by Crippen LogP contribution is -2.36. The highest BCUT2D eigenvalue weighted by Gasteiger charge is 2.15. The summed E-state index contributed by atoms with van der Waals surface area (Å²) in [5, 5.41) is 9.44. The van der Waals surface area contributed by atoms with Crippen LogP contribution in [0.2, 0.25) is 0 Å². The number of rotatable bonds is 8. The molecule has 0 saturated heterocycles. The minimum absolute atomic E-state index is 0.112. The summed E-state index contributed by atoms with van der Waals surface area (Å²) in [5.41, 5.74) is 7.19. The third kappa shape index (κ3) is 5.63. The zero-order valence-electron chi connectivity index (χ0n) is 13.1. The van der Waals surface area contributed by atoms with Crippen LogP contribution in [0.4, 0.5) is 5.69 Å². The van der Waals surface area contributed by atoms with Gasteiger partial charge in [-0.1, -0.05) is 13.0 Å². The number of carbonyl (C=O) groups is 1. The minimum Gasteiger partial charge on any atom is -0.506 e. The third-order valence-electron chi connectivity index (χ3n) is 3.56. The SMILES string of the molecule is CCOC(=O)CCN(CC)C(C)Cc1ccc(O)c(N)c1. The molecule has 0 aliphatic carbocycles. The van der Waals surface area contributed by atoms with E-state index >= 15 is 0 Å². The van der Waals surface area contributed by atoms with Crippen LogP contribution in [0.15, 0.2) is 18.2 Å². The van der Waals surface area contributed by atoms with Crippen LogP contribution < -0.4 is 5.73 Å². The van der Waals surface area contributed by atoms with Crippen LogP contribution >= 0.6 is 0 Å². The van der Waals surface area contributed by atoms with Gasteiger partial charge in [-0.3, -0.25) is 4.79 Å². The van der Waals surface area contributed by atoms with Crippen molar-refractivity contribution in [1.29, 1.82) is 0 Å². The van der Waals surface area contributed by atoms with E-state index in [2.05, 4.69) is 18.7 Å². The average Bonchev–Trinajstić information content (AvgIpc) is 2.44. The number of phenolic OH excluding ortho intramolecular Hbond substituents is 1. The largest absolute Gasteiger partial charge is 0.506 e. The first-order chi connectivity index (χ1) is 9.97. The number of hydrogen-bond donors (Lipinski definition) is 2. The standard InChI is InChI=1S/C16H26N2O3/c1-4-18(9-8-16(20)21-5-2)12(3)10-13-6-7-15(19)14(17)11-13/h6-7,11-12,19H,4-5,8-10,17H2,1-3H3. The van der Waals surface area contributed by atoms with E-state index in [1.165, 1.54) is 0 Å². The fraction of sp³-hybridized carbons (Fsp3) is 0.562. The van der Waals surface area contributed by atoms with Gasteiger partial charge in [-0.2, -0.15) is 0 Å².